The van der Waals surface area contributed by atoms with Crippen LogP contribution in [0, 0.1) is 0 Å². The van der Waals surface area contributed by atoms with Crippen molar-refractivity contribution in [1.82, 2.24) is 0 Å². The van der Waals surface area contributed by atoms with Crippen LogP contribution in [0.4, 0.5) is 0 Å². The van der Waals surface area contributed by atoms with E-state index in [0.29, 0.717) is 6.61 Å². The monoisotopic (exact) mass is 411 g/mol. The Morgan fingerprint density at radius 1 is 0.586 bits per heavy atom. The molecule has 3 nitrogen and oxygen atoms in total. The van der Waals surface area contributed by atoms with E-state index < -0.39 is 5.54 Å². The lowest BCUT2D eigenvalue weighted by atomic mass is 9.87. The summed E-state index contributed by atoms with van der Waals surface area (Å²) in [6, 6.07) is 0. The molecule has 0 amide bonds. The molecular formula is C26H53NO2. The van der Waals surface area contributed by atoms with E-state index in [1.165, 1.54) is 83.5 Å². The standard InChI is InChI=1S/C26H53NO2/c1-4-7-10-12-14-16-18-20-23-26(27,22-9-6-3)25(28)29-24-21-19-17-15-13-11-8-5-2/h4-24,27H2,1-3H3. The molecule has 174 valence electrons. The van der Waals surface area contributed by atoms with Gasteiger partial charge in [0.25, 0.3) is 0 Å². The van der Waals surface area contributed by atoms with Crippen molar-refractivity contribution in [3.05, 3.63) is 0 Å². The molecule has 1 unspecified atom stereocenters. The van der Waals surface area contributed by atoms with Crippen molar-refractivity contribution in [2.24, 2.45) is 5.73 Å². The van der Waals surface area contributed by atoms with Crippen LogP contribution in [0.5, 0.6) is 0 Å². The van der Waals surface area contributed by atoms with Gasteiger partial charge in [0, 0.05) is 0 Å². The van der Waals surface area contributed by atoms with E-state index >= 15 is 0 Å². The molecule has 0 aliphatic rings. The van der Waals surface area contributed by atoms with E-state index in [2.05, 4.69) is 20.8 Å². The summed E-state index contributed by atoms with van der Waals surface area (Å²) in [4.78, 5) is 12.7. The summed E-state index contributed by atoms with van der Waals surface area (Å²) in [6.45, 7) is 7.20. The number of nitrogens with two attached hydrogens (primary N) is 1. The molecule has 1 atom stereocenters. The maximum Gasteiger partial charge on any atom is 0.326 e. The van der Waals surface area contributed by atoms with Gasteiger partial charge in [0.15, 0.2) is 0 Å². The van der Waals surface area contributed by atoms with Crippen LogP contribution in [0.2, 0.25) is 0 Å². The molecule has 0 aromatic rings. The van der Waals surface area contributed by atoms with Crippen molar-refractivity contribution in [2.75, 3.05) is 6.61 Å². The summed E-state index contributed by atoms with van der Waals surface area (Å²) >= 11 is 0. The molecule has 0 fully saturated rings. The zero-order valence-electron chi connectivity index (χ0n) is 20.2. The summed E-state index contributed by atoms with van der Waals surface area (Å²) in [5.41, 5.74) is 5.78. The predicted molar refractivity (Wildman–Crippen MR) is 127 cm³/mol. The van der Waals surface area contributed by atoms with Gasteiger partial charge >= 0.3 is 5.97 Å². The fourth-order valence-electron chi connectivity index (χ4n) is 3.94. The van der Waals surface area contributed by atoms with Gasteiger partial charge in [0.05, 0.1) is 6.61 Å². The van der Waals surface area contributed by atoms with Crippen molar-refractivity contribution in [3.63, 3.8) is 0 Å². The Kier molecular flexibility index (Phi) is 20.3. The Morgan fingerprint density at radius 3 is 1.45 bits per heavy atom. The van der Waals surface area contributed by atoms with Crippen LogP contribution in [0.25, 0.3) is 0 Å². The van der Waals surface area contributed by atoms with Gasteiger partial charge in [-0.1, -0.05) is 130 Å². The Bertz CT molecular complexity index is 359. The molecule has 0 aromatic heterocycles. The summed E-state index contributed by atoms with van der Waals surface area (Å²) < 4.78 is 5.61. The minimum Gasteiger partial charge on any atom is -0.464 e. The molecule has 0 aliphatic heterocycles. The highest BCUT2D eigenvalue weighted by atomic mass is 16.5. The SMILES string of the molecule is CCCCCCCCCCOC(=O)C(N)(CCCC)CCCCCCCCCC. The van der Waals surface area contributed by atoms with E-state index in [-0.39, 0.29) is 5.97 Å². The number of hydrogen-bond acceptors (Lipinski definition) is 3. The number of rotatable bonds is 22. The van der Waals surface area contributed by atoms with Gasteiger partial charge in [-0.05, 0) is 19.3 Å². The maximum atomic E-state index is 12.7. The lowest BCUT2D eigenvalue weighted by molar-refractivity contribution is -0.151. The van der Waals surface area contributed by atoms with Crippen molar-refractivity contribution in [3.8, 4) is 0 Å². The quantitative estimate of drug-likeness (QED) is 0.145. The van der Waals surface area contributed by atoms with Gasteiger partial charge in [-0.3, -0.25) is 4.79 Å². The first-order valence-electron chi connectivity index (χ1n) is 13.1. The van der Waals surface area contributed by atoms with Crippen molar-refractivity contribution in [2.45, 2.75) is 155 Å². The third-order valence-corrected chi connectivity index (χ3v) is 6.09. The minimum atomic E-state index is -0.766. The van der Waals surface area contributed by atoms with Gasteiger partial charge in [0.2, 0.25) is 0 Å². The molecule has 0 saturated carbocycles. The van der Waals surface area contributed by atoms with Crippen LogP contribution >= 0.6 is 0 Å². The van der Waals surface area contributed by atoms with Crippen molar-refractivity contribution >= 4 is 5.97 Å². The molecule has 0 spiro atoms. The van der Waals surface area contributed by atoms with Crippen LogP contribution in [0.1, 0.15) is 149 Å². The first kappa shape index (κ1) is 28.4. The fourth-order valence-corrected chi connectivity index (χ4v) is 3.94. The van der Waals surface area contributed by atoms with Gasteiger partial charge in [-0.15, -0.1) is 0 Å². The molecule has 0 radical (unpaired) electrons. The van der Waals surface area contributed by atoms with Crippen LogP contribution < -0.4 is 5.73 Å². The zero-order valence-corrected chi connectivity index (χ0v) is 20.2. The molecule has 2 N–H and O–H groups in total. The second-order valence-electron chi connectivity index (χ2n) is 9.10. The number of esters is 1. The number of carbonyl (C=O) groups excluding carboxylic acids is 1. The Labute approximate surface area is 182 Å². The van der Waals surface area contributed by atoms with E-state index in [9.17, 15) is 4.79 Å². The largest absolute Gasteiger partial charge is 0.464 e. The summed E-state index contributed by atoms with van der Waals surface area (Å²) in [5.74, 6) is -0.156. The smallest absolute Gasteiger partial charge is 0.326 e. The Hall–Kier alpha value is -0.570. The Morgan fingerprint density at radius 2 is 0.966 bits per heavy atom. The van der Waals surface area contributed by atoms with Crippen LogP contribution in [-0.2, 0) is 9.53 Å². The summed E-state index contributed by atoms with van der Waals surface area (Å²) in [5, 5.41) is 0. The lowest BCUT2D eigenvalue weighted by Crippen LogP contribution is -2.49. The molecule has 0 heterocycles. The summed E-state index contributed by atoms with van der Waals surface area (Å²) in [7, 11) is 0. The van der Waals surface area contributed by atoms with Crippen LogP contribution in [0.3, 0.4) is 0 Å². The minimum absolute atomic E-state index is 0.156. The molecule has 0 aromatic carbocycles. The fraction of sp³-hybridized carbons (Fsp3) is 0.962. The second kappa shape index (κ2) is 20.7. The first-order chi connectivity index (χ1) is 14.1. The topological polar surface area (TPSA) is 52.3 Å². The molecule has 0 rings (SSSR count). The van der Waals surface area contributed by atoms with Crippen LogP contribution in [0.15, 0.2) is 0 Å². The lowest BCUT2D eigenvalue weighted by Gasteiger charge is -2.27. The van der Waals surface area contributed by atoms with Crippen molar-refractivity contribution < 1.29 is 9.53 Å². The highest BCUT2D eigenvalue weighted by Crippen LogP contribution is 2.22. The number of carbonyl (C=O) groups is 1. The molecule has 29 heavy (non-hydrogen) atoms. The average molecular weight is 412 g/mol. The number of unbranched alkanes of at least 4 members (excludes halogenated alkanes) is 15. The maximum absolute atomic E-state index is 12.7. The van der Waals surface area contributed by atoms with E-state index in [4.69, 9.17) is 10.5 Å². The highest BCUT2D eigenvalue weighted by Gasteiger charge is 2.34. The zero-order chi connectivity index (χ0) is 21.6. The Balaban J connectivity index is 3.97. The molecule has 0 saturated heterocycles. The van der Waals surface area contributed by atoms with Gasteiger partial charge < -0.3 is 10.5 Å². The molecule has 3 heteroatoms. The predicted octanol–water partition coefficient (Wildman–Crippen LogP) is 8.09. The normalized spacial score (nSPS) is 13.4. The second-order valence-corrected chi connectivity index (χ2v) is 9.10. The van der Waals surface area contributed by atoms with Crippen LogP contribution in [-0.4, -0.2) is 18.1 Å². The molecule has 0 bridgehead atoms. The van der Waals surface area contributed by atoms with Gasteiger partial charge in [-0.2, -0.15) is 0 Å². The third-order valence-electron chi connectivity index (χ3n) is 6.09. The van der Waals surface area contributed by atoms with Crippen molar-refractivity contribution in [1.29, 1.82) is 0 Å². The molecule has 0 aliphatic carbocycles. The third kappa shape index (κ3) is 16.9. The van der Waals surface area contributed by atoms with E-state index in [1.807, 2.05) is 0 Å². The number of ether oxygens (including phenoxy) is 1. The average Bonchev–Trinajstić information content (AvgIpc) is 2.72. The molecular weight excluding hydrogens is 358 g/mol. The van der Waals surface area contributed by atoms with Gasteiger partial charge in [-0.25, -0.2) is 0 Å². The first-order valence-corrected chi connectivity index (χ1v) is 13.1. The summed E-state index contributed by atoms with van der Waals surface area (Å²) in [6.07, 6.45) is 23.8. The van der Waals surface area contributed by atoms with E-state index in [0.717, 1.165) is 44.9 Å². The van der Waals surface area contributed by atoms with Gasteiger partial charge in [0.1, 0.15) is 5.54 Å². The van der Waals surface area contributed by atoms with E-state index in [1.54, 1.807) is 0 Å². The number of hydrogen-bond donors (Lipinski definition) is 1. The highest BCUT2D eigenvalue weighted by molar-refractivity contribution is 5.80.